The van der Waals surface area contributed by atoms with Crippen molar-refractivity contribution in [3.63, 3.8) is 0 Å². The van der Waals surface area contributed by atoms with Crippen molar-refractivity contribution in [1.29, 1.82) is 0 Å². The Kier molecular flexibility index (Phi) is 2.95. The summed E-state index contributed by atoms with van der Waals surface area (Å²) in [6.07, 6.45) is 2.48. The van der Waals surface area contributed by atoms with E-state index in [0.29, 0.717) is 18.8 Å². The second-order valence-electron chi connectivity index (χ2n) is 3.71. The molecule has 16 heavy (non-hydrogen) atoms. The van der Waals surface area contributed by atoms with Crippen molar-refractivity contribution in [2.24, 2.45) is 0 Å². The van der Waals surface area contributed by atoms with Gasteiger partial charge in [0.2, 0.25) is 5.76 Å². The Labute approximate surface area is 94.7 Å². The van der Waals surface area contributed by atoms with Crippen LogP contribution in [0.1, 0.15) is 18.1 Å². The topological polar surface area (TPSA) is 35.5 Å². The normalized spacial score (nSPS) is 13.5. The Balaban J connectivity index is 2.18. The largest absolute Gasteiger partial charge is 0.460 e. The highest BCUT2D eigenvalue weighted by Gasteiger charge is 2.19. The van der Waals surface area contributed by atoms with Crippen LogP contribution in [-0.4, -0.2) is 12.6 Å². The summed E-state index contributed by atoms with van der Waals surface area (Å²) in [6.45, 7) is 4.17. The van der Waals surface area contributed by atoms with Gasteiger partial charge >= 0.3 is 5.97 Å². The van der Waals surface area contributed by atoms with Gasteiger partial charge in [-0.3, -0.25) is 0 Å². The molecule has 0 amide bonds. The second-order valence-corrected chi connectivity index (χ2v) is 3.71. The van der Waals surface area contributed by atoms with Crippen LogP contribution >= 0.6 is 0 Å². The number of rotatable bonds is 2. The molecule has 0 spiro atoms. The Hall–Kier alpha value is -1.77. The molecule has 2 rings (SSSR count). The summed E-state index contributed by atoms with van der Waals surface area (Å²) >= 11 is 0. The monoisotopic (exact) mass is 218 g/mol. The molecule has 3 heteroatoms. The van der Waals surface area contributed by atoms with E-state index >= 15 is 0 Å². The first kappa shape index (κ1) is 10.7. The minimum absolute atomic E-state index is 0.290. The summed E-state index contributed by atoms with van der Waals surface area (Å²) in [5.74, 6) is 0.642. The van der Waals surface area contributed by atoms with Crippen molar-refractivity contribution in [2.75, 3.05) is 6.61 Å². The first-order valence-electron chi connectivity index (χ1n) is 5.35. The summed E-state index contributed by atoms with van der Waals surface area (Å²) in [4.78, 5) is 11.5. The van der Waals surface area contributed by atoms with Gasteiger partial charge in [0.25, 0.3) is 0 Å². The number of esters is 1. The molecule has 1 heterocycles. The van der Waals surface area contributed by atoms with Crippen LogP contribution < -0.4 is 4.74 Å². The van der Waals surface area contributed by atoms with Crippen LogP contribution in [0.3, 0.4) is 0 Å². The van der Waals surface area contributed by atoms with Crippen molar-refractivity contribution < 1.29 is 14.3 Å². The zero-order chi connectivity index (χ0) is 11.5. The van der Waals surface area contributed by atoms with Crippen LogP contribution in [0.4, 0.5) is 0 Å². The maximum absolute atomic E-state index is 11.5. The van der Waals surface area contributed by atoms with Gasteiger partial charge in [0.15, 0.2) is 0 Å². The van der Waals surface area contributed by atoms with Gasteiger partial charge < -0.3 is 9.47 Å². The lowest BCUT2D eigenvalue weighted by Crippen LogP contribution is -2.16. The number of hydrogen-bond donors (Lipinski definition) is 0. The quantitative estimate of drug-likeness (QED) is 0.715. The summed E-state index contributed by atoms with van der Waals surface area (Å²) in [5, 5.41) is 0. The Bertz CT molecular complexity index is 446. The highest BCUT2D eigenvalue weighted by molar-refractivity contribution is 5.87. The maximum atomic E-state index is 11.5. The molecule has 0 fully saturated rings. The fourth-order valence-corrected chi connectivity index (χ4v) is 1.66. The summed E-state index contributed by atoms with van der Waals surface area (Å²) in [6, 6.07) is 5.91. The van der Waals surface area contributed by atoms with E-state index in [-0.39, 0.29) is 0 Å². The van der Waals surface area contributed by atoms with Gasteiger partial charge in [-0.1, -0.05) is 17.7 Å². The SMILES string of the molecule is CCOC(=O)C1=CCc2cc(C)ccc2O1. The van der Waals surface area contributed by atoms with E-state index in [1.54, 1.807) is 13.0 Å². The van der Waals surface area contributed by atoms with Crippen molar-refractivity contribution in [3.8, 4) is 5.75 Å². The van der Waals surface area contributed by atoms with Crippen LogP contribution in [0.5, 0.6) is 5.75 Å². The third-order valence-electron chi connectivity index (χ3n) is 2.42. The molecule has 3 nitrogen and oxygen atoms in total. The fraction of sp³-hybridized carbons (Fsp3) is 0.308. The number of benzene rings is 1. The zero-order valence-corrected chi connectivity index (χ0v) is 9.45. The summed E-state index contributed by atoms with van der Waals surface area (Å²) in [5.41, 5.74) is 2.29. The van der Waals surface area contributed by atoms with E-state index in [2.05, 4.69) is 6.07 Å². The lowest BCUT2D eigenvalue weighted by atomic mass is 10.1. The standard InChI is InChI=1S/C13H14O3/c1-3-15-13(14)12-7-5-10-8-9(2)4-6-11(10)16-12/h4,6-8H,3,5H2,1-2H3. The van der Waals surface area contributed by atoms with E-state index < -0.39 is 5.97 Å². The van der Waals surface area contributed by atoms with Crippen LogP contribution in [0, 0.1) is 6.92 Å². The van der Waals surface area contributed by atoms with E-state index in [1.807, 2.05) is 19.1 Å². The zero-order valence-electron chi connectivity index (χ0n) is 9.45. The highest BCUT2D eigenvalue weighted by Crippen LogP contribution is 2.27. The van der Waals surface area contributed by atoms with E-state index in [4.69, 9.17) is 9.47 Å². The average Bonchev–Trinajstić information content (AvgIpc) is 2.28. The van der Waals surface area contributed by atoms with Gasteiger partial charge in [-0.2, -0.15) is 0 Å². The summed E-state index contributed by atoms with van der Waals surface area (Å²) in [7, 11) is 0. The number of hydrogen-bond acceptors (Lipinski definition) is 3. The molecular formula is C13H14O3. The summed E-state index contributed by atoms with van der Waals surface area (Å²) < 4.78 is 10.4. The van der Waals surface area contributed by atoms with Crippen molar-refractivity contribution >= 4 is 5.97 Å². The van der Waals surface area contributed by atoms with E-state index in [9.17, 15) is 4.79 Å². The Morgan fingerprint density at radius 1 is 1.50 bits per heavy atom. The van der Waals surface area contributed by atoms with Crippen LogP contribution in [-0.2, 0) is 16.0 Å². The molecule has 0 radical (unpaired) electrons. The van der Waals surface area contributed by atoms with Crippen molar-refractivity contribution in [3.05, 3.63) is 41.2 Å². The highest BCUT2D eigenvalue weighted by atomic mass is 16.6. The molecule has 0 saturated carbocycles. The fourth-order valence-electron chi connectivity index (χ4n) is 1.66. The van der Waals surface area contributed by atoms with Gasteiger partial charge in [-0.05, 0) is 38.0 Å². The number of carbonyl (C=O) groups excluding carboxylic acids is 1. The number of allylic oxidation sites excluding steroid dienone is 1. The van der Waals surface area contributed by atoms with Gasteiger partial charge in [0.1, 0.15) is 5.75 Å². The molecule has 0 saturated heterocycles. The van der Waals surface area contributed by atoms with Crippen molar-refractivity contribution in [2.45, 2.75) is 20.3 Å². The van der Waals surface area contributed by atoms with Crippen LogP contribution in [0.25, 0.3) is 0 Å². The van der Waals surface area contributed by atoms with Gasteiger partial charge in [-0.15, -0.1) is 0 Å². The Morgan fingerprint density at radius 3 is 3.06 bits per heavy atom. The molecule has 0 bridgehead atoms. The Morgan fingerprint density at radius 2 is 2.31 bits per heavy atom. The first-order chi connectivity index (χ1) is 7.70. The second kappa shape index (κ2) is 4.39. The lowest BCUT2D eigenvalue weighted by Gasteiger charge is -2.17. The molecule has 0 aromatic heterocycles. The minimum atomic E-state index is -0.395. The molecule has 0 aliphatic carbocycles. The molecule has 0 atom stereocenters. The van der Waals surface area contributed by atoms with E-state index in [1.165, 1.54) is 5.56 Å². The number of carbonyl (C=O) groups is 1. The van der Waals surface area contributed by atoms with E-state index in [0.717, 1.165) is 11.3 Å². The molecular weight excluding hydrogens is 204 g/mol. The number of ether oxygens (including phenoxy) is 2. The molecule has 1 aromatic carbocycles. The van der Waals surface area contributed by atoms with Crippen molar-refractivity contribution in [1.82, 2.24) is 0 Å². The smallest absolute Gasteiger partial charge is 0.373 e. The van der Waals surface area contributed by atoms with Gasteiger partial charge in [0, 0.05) is 0 Å². The predicted molar refractivity (Wildman–Crippen MR) is 60.2 cm³/mol. The molecule has 1 aliphatic rings. The van der Waals surface area contributed by atoms with Gasteiger partial charge in [-0.25, -0.2) is 4.79 Å². The van der Waals surface area contributed by atoms with Crippen LogP contribution in [0.15, 0.2) is 30.0 Å². The van der Waals surface area contributed by atoms with Gasteiger partial charge in [0.05, 0.1) is 6.61 Å². The minimum Gasteiger partial charge on any atom is -0.460 e. The maximum Gasteiger partial charge on any atom is 0.373 e. The number of fused-ring (bicyclic) bond motifs is 1. The lowest BCUT2D eigenvalue weighted by molar-refractivity contribution is -0.141. The molecule has 1 aromatic rings. The average molecular weight is 218 g/mol. The molecule has 0 unspecified atom stereocenters. The third kappa shape index (κ3) is 2.08. The number of aryl methyl sites for hydroxylation is 1. The van der Waals surface area contributed by atoms with Crippen LogP contribution in [0.2, 0.25) is 0 Å². The first-order valence-corrected chi connectivity index (χ1v) is 5.35. The molecule has 1 aliphatic heterocycles. The molecule has 0 N–H and O–H groups in total. The predicted octanol–water partition coefficient (Wildman–Crippen LogP) is 2.38. The molecule has 84 valence electrons. The third-order valence-corrected chi connectivity index (χ3v) is 2.42.